The number of ether oxygens (including phenoxy) is 2. The number of hydrogen-bond donors (Lipinski definition) is 2. The number of rotatable bonds is 10. The molecule has 2 N–H and O–H groups in total. The summed E-state index contributed by atoms with van der Waals surface area (Å²) in [6.45, 7) is 4.01. The van der Waals surface area contributed by atoms with E-state index in [-0.39, 0.29) is 44.2 Å². The molecule has 5 unspecified atom stereocenters. The Morgan fingerprint density at radius 1 is 1.00 bits per heavy atom. The molecule has 1 aromatic heterocycles. The number of benzene rings is 3. The Kier molecular flexibility index (Phi) is 11.2. The molecule has 50 heavy (non-hydrogen) atoms. The number of aliphatic hydroxyl groups is 1. The average molecular weight is 727 g/mol. The van der Waals surface area contributed by atoms with E-state index in [0.29, 0.717) is 17.1 Å². The predicted molar refractivity (Wildman–Crippen MR) is 183 cm³/mol. The van der Waals surface area contributed by atoms with Crippen LogP contribution in [-0.4, -0.2) is 62.6 Å². The van der Waals surface area contributed by atoms with Crippen LogP contribution in [0.5, 0.6) is 0 Å². The van der Waals surface area contributed by atoms with E-state index < -0.39 is 30.3 Å². The number of carbonyl (C=O) groups is 2. The zero-order valence-corrected chi connectivity index (χ0v) is 29.1. The number of alkyl halides is 3. The van der Waals surface area contributed by atoms with Crippen LogP contribution < -0.4 is 5.32 Å². The third-order valence-electron chi connectivity index (χ3n) is 8.97. The highest BCUT2D eigenvalue weighted by Gasteiger charge is 2.47. The van der Waals surface area contributed by atoms with Crippen molar-refractivity contribution in [2.45, 2.75) is 74.9 Å². The largest absolute Gasteiger partial charge is 0.471 e. The van der Waals surface area contributed by atoms with Crippen molar-refractivity contribution < 1.29 is 37.3 Å². The zero-order valence-electron chi connectivity index (χ0n) is 27.4. The number of thioether (sulfide) groups is 1. The van der Waals surface area contributed by atoms with Crippen molar-refractivity contribution in [2.24, 2.45) is 5.92 Å². The Bertz CT molecular complexity index is 1790. The second-order valence-electron chi connectivity index (χ2n) is 12.4. The molecule has 0 radical (unpaired) electrons. The molecule has 2 saturated heterocycles. The van der Waals surface area contributed by atoms with E-state index >= 15 is 0 Å². The third-order valence-corrected chi connectivity index (χ3v) is 11.0. The quantitative estimate of drug-likeness (QED) is 0.173. The minimum atomic E-state index is -5.02. The molecule has 3 heterocycles. The molecule has 2 fully saturated rings. The fraction of sp³-hybridized carbons (Fsp3) is 0.389. The van der Waals surface area contributed by atoms with Crippen LogP contribution >= 0.6 is 23.1 Å². The van der Waals surface area contributed by atoms with Gasteiger partial charge in [-0.3, -0.25) is 9.59 Å². The Balaban J connectivity index is 1.14. The van der Waals surface area contributed by atoms with Crippen LogP contribution in [0, 0.1) is 12.8 Å². The van der Waals surface area contributed by atoms with Gasteiger partial charge in [-0.1, -0.05) is 96.8 Å². The number of nitrogens with zero attached hydrogens (tertiary/aromatic N) is 3. The van der Waals surface area contributed by atoms with E-state index in [1.165, 1.54) is 0 Å². The number of likely N-dealkylation sites (tertiary alicyclic amines) is 1. The van der Waals surface area contributed by atoms with E-state index in [0.717, 1.165) is 42.7 Å². The summed E-state index contributed by atoms with van der Waals surface area (Å²) < 4.78 is 53.1. The van der Waals surface area contributed by atoms with Crippen molar-refractivity contribution in [3.63, 3.8) is 0 Å². The van der Waals surface area contributed by atoms with E-state index in [2.05, 4.69) is 22.4 Å². The number of amides is 2. The van der Waals surface area contributed by atoms with Gasteiger partial charge in [0.25, 0.3) is 0 Å². The molecule has 2 amide bonds. The Hall–Kier alpha value is -3.82. The average Bonchev–Trinajstić information content (AvgIpc) is 3.79. The summed E-state index contributed by atoms with van der Waals surface area (Å²) in [5.74, 6) is -1.89. The summed E-state index contributed by atoms with van der Waals surface area (Å²) in [5.41, 5.74) is 5.24. The fourth-order valence-electron chi connectivity index (χ4n) is 6.25. The van der Waals surface area contributed by atoms with E-state index in [1.807, 2.05) is 79.7 Å². The SMILES string of the molecule is Cc1nnc(SCC2OC(c3ccc(-c4cccc(CNC(=O)C5CCCN5C(=O)C(F)(F)F)c4)cc3)OC(c3ccc(CO)cc3)C2C)s1. The maximum atomic E-state index is 13.0. The summed E-state index contributed by atoms with van der Waals surface area (Å²) in [4.78, 5) is 25.2. The summed E-state index contributed by atoms with van der Waals surface area (Å²) in [6.07, 6.45) is -5.53. The number of halogens is 3. The van der Waals surface area contributed by atoms with Crippen LogP contribution in [0.25, 0.3) is 11.1 Å². The first-order valence-electron chi connectivity index (χ1n) is 16.3. The van der Waals surface area contributed by atoms with Crippen LogP contribution in [0.1, 0.15) is 59.4 Å². The molecular weight excluding hydrogens is 690 g/mol. The predicted octanol–water partition coefficient (Wildman–Crippen LogP) is 6.76. The van der Waals surface area contributed by atoms with Crippen LogP contribution in [-0.2, 0) is 32.2 Å². The van der Waals surface area contributed by atoms with Crippen LogP contribution in [0.15, 0.2) is 77.1 Å². The highest BCUT2D eigenvalue weighted by molar-refractivity contribution is 8.01. The lowest BCUT2D eigenvalue weighted by Gasteiger charge is -2.41. The molecule has 14 heteroatoms. The minimum Gasteiger partial charge on any atom is -0.392 e. The molecule has 2 aliphatic heterocycles. The van der Waals surface area contributed by atoms with Crippen molar-refractivity contribution in [2.75, 3.05) is 12.3 Å². The van der Waals surface area contributed by atoms with Crippen LogP contribution in [0.2, 0.25) is 0 Å². The van der Waals surface area contributed by atoms with E-state index in [1.54, 1.807) is 23.1 Å². The number of hydrogen-bond acceptors (Lipinski definition) is 9. The van der Waals surface area contributed by atoms with Gasteiger partial charge in [0.15, 0.2) is 10.6 Å². The minimum absolute atomic E-state index is 0.0251. The van der Waals surface area contributed by atoms with Crippen molar-refractivity contribution in [1.29, 1.82) is 0 Å². The van der Waals surface area contributed by atoms with Crippen molar-refractivity contribution >= 4 is 34.9 Å². The van der Waals surface area contributed by atoms with Gasteiger partial charge < -0.3 is 24.8 Å². The highest BCUT2D eigenvalue weighted by Crippen LogP contribution is 2.43. The first-order valence-corrected chi connectivity index (χ1v) is 18.1. The summed E-state index contributed by atoms with van der Waals surface area (Å²) in [7, 11) is 0. The zero-order chi connectivity index (χ0) is 35.4. The second kappa shape index (κ2) is 15.6. The van der Waals surface area contributed by atoms with Crippen molar-refractivity contribution in [3.05, 3.63) is 100 Å². The molecule has 264 valence electrons. The lowest BCUT2D eigenvalue weighted by atomic mass is 9.91. The lowest BCUT2D eigenvalue weighted by Crippen LogP contribution is -2.50. The number of carbonyl (C=O) groups excluding carboxylic acids is 2. The Labute approximate surface area is 296 Å². The standard InChI is InChI=1S/C36H37F3N4O5S2/c1-21-30(20-49-35-42-41-22(2)50-35)47-33(48-31(21)26-10-8-23(19-44)9-11-26)27-14-12-25(13-15-27)28-6-3-5-24(17-28)18-40-32(45)29-7-4-16-43(29)34(46)36(37,38)39/h3,5-6,8-15,17,21,29-31,33,44H,4,7,16,18-20H2,1-2H3,(H,40,45). The molecule has 0 aliphatic carbocycles. The Morgan fingerprint density at radius 2 is 1.74 bits per heavy atom. The summed E-state index contributed by atoms with van der Waals surface area (Å²) >= 11 is 3.16. The van der Waals surface area contributed by atoms with Gasteiger partial charge in [-0.15, -0.1) is 10.2 Å². The van der Waals surface area contributed by atoms with Gasteiger partial charge in [0.1, 0.15) is 11.0 Å². The first kappa shape index (κ1) is 36.0. The van der Waals surface area contributed by atoms with Crippen molar-refractivity contribution in [1.82, 2.24) is 20.4 Å². The van der Waals surface area contributed by atoms with Crippen molar-refractivity contribution in [3.8, 4) is 11.1 Å². The van der Waals surface area contributed by atoms with Gasteiger partial charge in [-0.2, -0.15) is 13.2 Å². The van der Waals surface area contributed by atoms with Crippen LogP contribution in [0.3, 0.4) is 0 Å². The van der Waals surface area contributed by atoms with E-state index in [4.69, 9.17) is 9.47 Å². The van der Waals surface area contributed by atoms with Gasteiger partial charge >= 0.3 is 12.1 Å². The van der Waals surface area contributed by atoms with Gasteiger partial charge in [0.2, 0.25) is 5.91 Å². The number of aliphatic hydroxyl groups excluding tert-OH is 1. The first-order chi connectivity index (χ1) is 24.0. The molecule has 0 saturated carbocycles. The molecule has 5 atom stereocenters. The monoisotopic (exact) mass is 726 g/mol. The third kappa shape index (κ3) is 8.37. The number of aryl methyl sites for hydroxylation is 1. The fourth-order valence-corrected chi connectivity index (χ4v) is 8.25. The smallest absolute Gasteiger partial charge is 0.392 e. The van der Waals surface area contributed by atoms with Gasteiger partial charge in [0.05, 0.1) is 18.8 Å². The van der Waals surface area contributed by atoms with E-state index in [9.17, 15) is 27.9 Å². The summed E-state index contributed by atoms with van der Waals surface area (Å²) in [5, 5.41) is 21.5. The molecule has 3 aromatic carbocycles. The number of aromatic nitrogens is 2. The highest BCUT2D eigenvalue weighted by atomic mass is 32.2. The second-order valence-corrected chi connectivity index (χ2v) is 14.9. The van der Waals surface area contributed by atoms with Gasteiger partial charge in [-0.05, 0) is 53.6 Å². The van der Waals surface area contributed by atoms with Gasteiger partial charge in [-0.25, -0.2) is 0 Å². The molecule has 9 nitrogen and oxygen atoms in total. The molecule has 6 rings (SSSR count). The maximum Gasteiger partial charge on any atom is 0.471 e. The van der Waals surface area contributed by atoms with Gasteiger partial charge in [0, 0.05) is 30.3 Å². The summed E-state index contributed by atoms with van der Waals surface area (Å²) in [6, 6.07) is 22.0. The topological polar surface area (TPSA) is 114 Å². The maximum absolute atomic E-state index is 13.0. The normalized spacial score (nSPS) is 22.4. The molecule has 2 aliphatic rings. The van der Waals surface area contributed by atoms with Crippen LogP contribution in [0.4, 0.5) is 13.2 Å². The molecule has 4 aromatic rings. The molecular formula is C36H37F3N4O5S2. The molecule has 0 bridgehead atoms. The number of nitrogens with one attached hydrogen (secondary N) is 1. The lowest BCUT2D eigenvalue weighted by molar-refractivity contribution is -0.268. The Morgan fingerprint density at radius 3 is 2.42 bits per heavy atom. The molecule has 0 spiro atoms.